The summed E-state index contributed by atoms with van der Waals surface area (Å²) >= 11 is 1.48. The third kappa shape index (κ3) is 3.43. The fraction of sp³-hybridized carbons (Fsp3) is 0.300. The summed E-state index contributed by atoms with van der Waals surface area (Å²) in [5, 5.41) is 12.7. The van der Waals surface area contributed by atoms with Crippen LogP contribution < -0.4 is 0 Å². The first-order valence-electron chi connectivity index (χ1n) is 8.43. The molecule has 6 heteroatoms. The molecule has 0 spiro atoms. The van der Waals surface area contributed by atoms with Gasteiger partial charge in [0.25, 0.3) is 11.7 Å². The Labute approximate surface area is 157 Å². The van der Waals surface area contributed by atoms with E-state index >= 15 is 0 Å². The zero-order valence-corrected chi connectivity index (χ0v) is 15.9. The summed E-state index contributed by atoms with van der Waals surface area (Å²) in [5.41, 5.74) is 1.77. The molecule has 1 atom stereocenters. The number of thiophene rings is 1. The lowest BCUT2D eigenvalue weighted by atomic mass is 9.99. The minimum Gasteiger partial charge on any atom is -0.507 e. The molecule has 1 fully saturated rings. The van der Waals surface area contributed by atoms with E-state index < -0.39 is 17.7 Å². The lowest BCUT2D eigenvalue weighted by Crippen LogP contribution is -2.35. The average Bonchev–Trinajstić information content (AvgIpc) is 3.21. The Morgan fingerprint density at radius 3 is 2.46 bits per heavy atom. The van der Waals surface area contributed by atoms with Crippen LogP contribution in [-0.2, 0) is 9.59 Å². The standard InChI is InChI=1S/C20H22N2O3S/c1-13-6-8-14(9-7-13)18(23)16-17(15-5-4-12-26-15)22(11-10-21(2)3)20(25)19(16)24/h4-9,12,17,23H,10-11H2,1-3H3/b18-16+/t17-/m0/s1. The molecule has 1 aliphatic heterocycles. The molecule has 0 aliphatic carbocycles. The van der Waals surface area contributed by atoms with Crippen molar-refractivity contribution < 1.29 is 14.7 Å². The molecule has 0 radical (unpaired) electrons. The quantitative estimate of drug-likeness (QED) is 0.499. The molecule has 1 saturated heterocycles. The first kappa shape index (κ1) is 18.4. The maximum absolute atomic E-state index is 12.7. The molecule has 3 rings (SSSR count). The van der Waals surface area contributed by atoms with Gasteiger partial charge in [0.15, 0.2) is 0 Å². The van der Waals surface area contributed by atoms with Gasteiger partial charge in [-0.1, -0.05) is 35.9 Å². The molecule has 0 unspecified atom stereocenters. The van der Waals surface area contributed by atoms with Crippen LogP contribution in [0.1, 0.15) is 22.0 Å². The number of aliphatic hydroxyl groups excluding tert-OH is 1. The van der Waals surface area contributed by atoms with Crippen LogP contribution in [0.3, 0.4) is 0 Å². The number of nitrogens with zero attached hydrogens (tertiary/aromatic N) is 2. The number of Topliss-reactive ketones (excluding diaryl/α,β-unsaturated/α-hetero) is 1. The molecule has 0 bridgehead atoms. The Morgan fingerprint density at radius 2 is 1.88 bits per heavy atom. The Morgan fingerprint density at radius 1 is 1.19 bits per heavy atom. The van der Waals surface area contributed by atoms with Crippen molar-refractivity contribution in [3.8, 4) is 0 Å². The highest BCUT2D eigenvalue weighted by Crippen LogP contribution is 2.40. The normalized spacial score (nSPS) is 19.5. The molecule has 26 heavy (non-hydrogen) atoms. The maximum Gasteiger partial charge on any atom is 0.295 e. The van der Waals surface area contributed by atoms with Gasteiger partial charge in [-0.3, -0.25) is 9.59 Å². The van der Waals surface area contributed by atoms with Crippen LogP contribution in [0.2, 0.25) is 0 Å². The molecular formula is C20H22N2O3S. The number of likely N-dealkylation sites (N-methyl/N-ethyl adjacent to an activating group) is 1. The van der Waals surface area contributed by atoms with Gasteiger partial charge in [0.05, 0.1) is 11.6 Å². The van der Waals surface area contributed by atoms with Gasteiger partial charge in [-0.2, -0.15) is 0 Å². The van der Waals surface area contributed by atoms with E-state index in [-0.39, 0.29) is 11.3 Å². The largest absolute Gasteiger partial charge is 0.507 e. The zero-order chi connectivity index (χ0) is 18.8. The van der Waals surface area contributed by atoms with E-state index in [0.717, 1.165) is 10.4 Å². The summed E-state index contributed by atoms with van der Waals surface area (Å²) in [6.07, 6.45) is 0. The van der Waals surface area contributed by atoms with E-state index in [9.17, 15) is 14.7 Å². The van der Waals surface area contributed by atoms with Crippen LogP contribution in [0, 0.1) is 6.92 Å². The summed E-state index contributed by atoms with van der Waals surface area (Å²) in [4.78, 5) is 29.8. The molecule has 1 amide bonds. The van der Waals surface area contributed by atoms with Crippen molar-refractivity contribution in [1.29, 1.82) is 0 Å². The highest BCUT2D eigenvalue weighted by Gasteiger charge is 2.46. The number of ketones is 1. The zero-order valence-electron chi connectivity index (χ0n) is 15.1. The lowest BCUT2D eigenvalue weighted by molar-refractivity contribution is -0.140. The van der Waals surface area contributed by atoms with Crippen molar-refractivity contribution in [2.45, 2.75) is 13.0 Å². The second-order valence-corrected chi connectivity index (χ2v) is 7.66. The van der Waals surface area contributed by atoms with Gasteiger partial charge in [0.1, 0.15) is 5.76 Å². The first-order valence-corrected chi connectivity index (χ1v) is 9.31. The predicted molar refractivity (Wildman–Crippen MR) is 103 cm³/mol. The molecule has 1 aliphatic rings. The monoisotopic (exact) mass is 370 g/mol. The van der Waals surface area contributed by atoms with Gasteiger partial charge in [-0.05, 0) is 32.5 Å². The number of amides is 1. The topological polar surface area (TPSA) is 60.9 Å². The van der Waals surface area contributed by atoms with Crippen molar-refractivity contribution in [3.63, 3.8) is 0 Å². The van der Waals surface area contributed by atoms with Gasteiger partial charge in [-0.15, -0.1) is 11.3 Å². The van der Waals surface area contributed by atoms with E-state index in [2.05, 4.69) is 0 Å². The van der Waals surface area contributed by atoms with Crippen LogP contribution in [0.25, 0.3) is 5.76 Å². The Bertz CT molecular complexity index is 838. The van der Waals surface area contributed by atoms with Crippen LogP contribution in [0.15, 0.2) is 47.4 Å². The number of carbonyl (C=O) groups is 2. The number of aliphatic hydroxyl groups is 1. The molecule has 136 valence electrons. The van der Waals surface area contributed by atoms with Crippen molar-refractivity contribution >= 4 is 28.8 Å². The molecule has 1 aromatic carbocycles. The van der Waals surface area contributed by atoms with E-state index in [1.54, 1.807) is 17.0 Å². The average molecular weight is 370 g/mol. The molecule has 2 aromatic rings. The second kappa shape index (κ2) is 7.43. The van der Waals surface area contributed by atoms with Gasteiger partial charge in [-0.25, -0.2) is 0 Å². The van der Waals surface area contributed by atoms with E-state index in [1.165, 1.54) is 11.3 Å². The molecule has 0 saturated carbocycles. The Balaban J connectivity index is 2.09. The van der Waals surface area contributed by atoms with Gasteiger partial charge in [0.2, 0.25) is 0 Å². The fourth-order valence-corrected chi connectivity index (χ4v) is 3.87. The molecule has 2 heterocycles. The third-order valence-corrected chi connectivity index (χ3v) is 5.39. The lowest BCUT2D eigenvalue weighted by Gasteiger charge is -2.25. The van der Waals surface area contributed by atoms with E-state index in [0.29, 0.717) is 18.7 Å². The molecule has 1 aromatic heterocycles. The van der Waals surface area contributed by atoms with Gasteiger partial charge >= 0.3 is 0 Å². The minimum absolute atomic E-state index is 0.117. The van der Waals surface area contributed by atoms with Crippen LogP contribution >= 0.6 is 11.3 Å². The summed E-state index contributed by atoms with van der Waals surface area (Å²) < 4.78 is 0. The van der Waals surface area contributed by atoms with Gasteiger partial charge < -0.3 is 14.9 Å². The van der Waals surface area contributed by atoms with Crippen molar-refractivity contribution in [2.24, 2.45) is 0 Å². The van der Waals surface area contributed by atoms with E-state index in [1.807, 2.05) is 55.6 Å². The van der Waals surface area contributed by atoms with Crippen LogP contribution in [-0.4, -0.2) is 53.8 Å². The van der Waals surface area contributed by atoms with Crippen LogP contribution in [0.5, 0.6) is 0 Å². The van der Waals surface area contributed by atoms with Crippen molar-refractivity contribution in [1.82, 2.24) is 9.80 Å². The third-order valence-electron chi connectivity index (χ3n) is 4.47. The smallest absolute Gasteiger partial charge is 0.295 e. The Kier molecular flexibility index (Phi) is 5.25. The van der Waals surface area contributed by atoms with Crippen molar-refractivity contribution in [3.05, 3.63) is 63.4 Å². The van der Waals surface area contributed by atoms with Crippen molar-refractivity contribution in [2.75, 3.05) is 27.2 Å². The minimum atomic E-state index is -0.625. The van der Waals surface area contributed by atoms with E-state index in [4.69, 9.17) is 0 Å². The highest BCUT2D eigenvalue weighted by atomic mass is 32.1. The summed E-state index contributed by atoms with van der Waals surface area (Å²) in [5.74, 6) is -1.30. The number of rotatable bonds is 5. The molecule has 5 nitrogen and oxygen atoms in total. The number of carbonyl (C=O) groups excluding carboxylic acids is 2. The molecule has 1 N–H and O–H groups in total. The summed E-state index contributed by atoms with van der Waals surface area (Å²) in [6, 6.07) is 10.5. The fourth-order valence-electron chi connectivity index (χ4n) is 3.03. The number of hydrogen-bond donors (Lipinski definition) is 1. The SMILES string of the molecule is Cc1ccc(/C(O)=C2\C(=O)C(=O)N(CCN(C)C)[C@H]2c2cccs2)cc1. The highest BCUT2D eigenvalue weighted by molar-refractivity contribution is 7.10. The summed E-state index contributed by atoms with van der Waals surface area (Å²) in [7, 11) is 3.84. The molecular weight excluding hydrogens is 348 g/mol. The predicted octanol–water partition coefficient (Wildman–Crippen LogP) is 3.04. The summed E-state index contributed by atoms with van der Waals surface area (Å²) in [6.45, 7) is 3.01. The Hall–Kier alpha value is -2.44. The van der Waals surface area contributed by atoms with Crippen LogP contribution in [0.4, 0.5) is 0 Å². The van der Waals surface area contributed by atoms with Gasteiger partial charge in [0, 0.05) is 23.5 Å². The number of aryl methyl sites for hydroxylation is 1. The second-order valence-electron chi connectivity index (χ2n) is 6.68. The number of likely N-dealkylation sites (tertiary alicyclic amines) is 1. The first-order chi connectivity index (χ1) is 12.4. The maximum atomic E-state index is 12.7. The number of benzene rings is 1. The number of hydrogen-bond acceptors (Lipinski definition) is 5.